The summed E-state index contributed by atoms with van der Waals surface area (Å²) in [5.74, 6) is 1.37. The molecule has 0 aliphatic carbocycles. The third-order valence-electron chi connectivity index (χ3n) is 4.26. The second-order valence-corrected chi connectivity index (χ2v) is 6.15. The molecule has 1 amide bonds. The second-order valence-electron chi connectivity index (χ2n) is 6.15. The largest absolute Gasteiger partial charge is 0.372 e. The van der Waals surface area contributed by atoms with E-state index in [-0.39, 0.29) is 24.2 Å². The number of carbonyl (C=O) groups excluding carboxylic acids is 1. The first-order chi connectivity index (χ1) is 10.5. The van der Waals surface area contributed by atoms with E-state index in [1.165, 1.54) is 0 Å². The molecule has 3 atom stereocenters. The predicted octanol–water partition coefficient (Wildman–Crippen LogP) is 0.544. The fourth-order valence-corrected chi connectivity index (χ4v) is 3.37. The molecule has 7 heteroatoms. The van der Waals surface area contributed by atoms with Crippen molar-refractivity contribution in [2.24, 2.45) is 5.73 Å². The zero-order chi connectivity index (χ0) is 15.7. The van der Waals surface area contributed by atoms with Gasteiger partial charge in [0.15, 0.2) is 0 Å². The molecule has 0 unspecified atom stereocenters. The van der Waals surface area contributed by atoms with Gasteiger partial charge < -0.3 is 20.3 Å². The fraction of sp³-hybridized carbons (Fsp3) is 0.667. The lowest BCUT2D eigenvalue weighted by Gasteiger charge is -2.36. The lowest BCUT2D eigenvalue weighted by atomic mass is 10.2. The SMILES string of the molecule is C[C@@H]1CN(c2cc(N3CCC[C@H]3C(N)=O)ncn2)C[C@H](C)O1. The summed E-state index contributed by atoms with van der Waals surface area (Å²) in [4.78, 5) is 24.5. The molecule has 1 aromatic heterocycles. The van der Waals surface area contributed by atoms with Crippen LogP contribution in [0.15, 0.2) is 12.4 Å². The van der Waals surface area contributed by atoms with Crippen LogP contribution < -0.4 is 15.5 Å². The minimum Gasteiger partial charge on any atom is -0.372 e. The van der Waals surface area contributed by atoms with Gasteiger partial charge >= 0.3 is 0 Å². The van der Waals surface area contributed by atoms with E-state index in [0.717, 1.165) is 44.1 Å². The van der Waals surface area contributed by atoms with Gasteiger partial charge in [0, 0.05) is 25.7 Å². The van der Waals surface area contributed by atoms with Crippen LogP contribution in [-0.4, -0.2) is 53.8 Å². The van der Waals surface area contributed by atoms with Crippen LogP contribution in [0.3, 0.4) is 0 Å². The summed E-state index contributed by atoms with van der Waals surface area (Å²) in [6.45, 7) is 6.54. The van der Waals surface area contributed by atoms with Crippen molar-refractivity contribution >= 4 is 17.5 Å². The molecule has 0 radical (unpaired) electrons. The van der Waals surface area contributed by atoms with Gasteiger partial charge in [-0.1, -0.05) is 0 Å². The molecule has 22 heavy (non-hydrogen) atoms. The van der Waals surface area contributed by atoms with Gasteiger partial charge in [-0.15, -0.1) is 0 Å². The summed E-state index contributed by atoms with van der Waals surface area (Å²) < 4.78 is 5.76. The molecule has 0 bridgehead atoms. The van der Waals surface area contributed by atoms with Crippen molar-refractivity contribution in [1.82, 2.24) is 9.97 Å². The van der Waals surface area contributed by atoms with E-state index in [1.54, 1.807) is 6.33 Å². The number of amides is 1. The molecular weight excluding hydrogens is 282 g/mol. The molecule has 2 saturated heterocycles. The van der Waals surface area contributed by atoms with E-state index in [0.29, 0.717) is 0 Å². The highest BCUT2D eigenvalue weighted by atomic mass is 16.5. The number of carbonyl (C=O) groups is 1. The van der Waals surface area contributed by atoms with Gasteiger partial charge in [0.1, 0.15) is 24.0 Å². The van der Waals surface area contributed by atoms with Gasteiger partial charge in [-0.2, -0.15) is 0 Å². The van der Waals surface area contributed by atoms with Gasteiger partial charge in [0.2, 0.25) is 5.91 Å². The number of aromatic nitrogens is 2. The lowest BCUT2D eigenvalue weighted by Crippen LogP contribution is -2.46. The Morgan fingerprint density at radius 3 is 2.64 bits per heavy atom. The topological polar surface area (TPSA) is 84.6 Å². The Balaban J connectivity index is 1.82. The first kappa shape index (κ1) is 15.0. The van der Waals surface area contributed by atoms with Crippen LogP contribution in [0.25, 0.3) is 0 Å². The van der Waals surface area contributed by atoms with Crippen LogP contribution in [0.1, 0.15) is 26.7 Å². The maximum Gasteiger partial charge on any atom is 0.240 e. The summed E-state index contributed by atoms with van der Waals surface area (Å²) in [5.41, 5.74) is 5.49. The molecule has 7 nitrogen and oxygen atoms in total. The van der Waals surface area contributed by atoms with E-state index >= 15 is 0 Å². The molecule has 2 N–H and O–H groups in total. The minimum absolute atomic E-state index is 0.173. The van der Waals surface area contributed by atoms with E-state index in [9.17, 15) is 4.79 Å². The van der Waals surface area contributed by atoms with Crippen LogP contribution >= 0.6 is 0 Å². The van der Waals surface area contributed by atoms with Crippen molar-refractivity contribution in [1.29, 1.82) is 0 Å². The van der Waals surface area contributed by atoms with Crippen molar-refractivity contribution in [3.63, 3.8) is 0 Å². The molecule has 120 valence electrons. The first-order valence-corrected chi connectivity index (χ1v) is 7.83. The van der Waals surface area contributed by atoms with Crippen LogP contribution in [0.5, 0.6) is 0 Å². The number of hydrogen-bond donors (Lipinski definition) is 1. The monoisotopic (exact) mass is 305 g/mol. The van der Waals surface area contributed by atoms with Gasteiger partial charge in [-0.05, 0) is 26.7 Å². The smallest absolute Gasteiger partial charge is 0.240 e. The first-order valence-electron chi connectivity index (χ1n) is 7.83. The van der Waals surface area contributed by atoms with Gasteiger partial charge in [-0.25, -0.2) is 9.97 Å². The Morgan fingerprint density at radius 1 is 1.27 bits per heavy atom. The second kappa shape index (κ2) is 6.08. The molecule has 0 aromatic carbocycles. The van der Waals surface area contributed by atoms with E-state index in [4.69, 9.17) is 10.5 Å². The van der Waals surface area contributed by atoms with Gasteiger partial charge in [-0.3, -0.25) is 4.79 Å². The van der Waals surface area contributed by atoms with Gasteiger partial charge in [0.05, 0.1) is 12.2 Å². The highest BCUT2D eigenvalue weighted by Gasteiger charge is 2.31. The third kappa shape index (κ3) is 2.99. The maximum atomic E-state index is 11.6. The predicted molar refractivity (Wildman–Crippen MR) is 83.8 cm³/mol. The number of nitrogens with two attached hydrogens (primary N) is 1. The van der Waals surface area contributed by atoms with Crippen LogP contribution in [0, 0.1) is 0 Å². The zero-order valence-electron chi connectivity index (χ0n) is 13.1. The average Bonchev–Trinajstić information content (AvgIpc) is 2.96. The van der Waals surface area contributed by atoms with Crippen LogP contribution in [0.4, 0.5) is 11.6 Å². The number of morpholine rings is 1. The summed E-state index contributed by atoms with van der Waals surface area (Å²) in [6.07, 6.45) is 3.66. The Morgan fingerprint density at radius 2 is 1.95 bits per heavy atom. The molecule has 3 rings (SSSR count). The molecule has 2 fully saturated rings. The van der Waals surface area contributed by atoms with Gasteiger partial charge in [0.25, 0.3) is 0 Å². The average molecular weight is 305 g/mol. The molecular formula is C15H23N5O2. The number of nitrogens with zero attached hydrogens (tertiary/aromatic N) is 4. The molecule has 2 aliphatic heterocycles. The van der Waals surface area contributed by atoms with Crippen molar-refractivity contribution in [3.8, 4) is 0 Å². The Hall–Kier alpha value is -1.89. The zero-order valence-corrected chi connectivity index (χ0v) is 13.1. The quantitative estimate of drug-likeness (QED) is 0.877. The Labute approximate surface area is 130 Å². The maximum absolute atomic E-state index is 11.6. The van der Waals surface area contributed by atoms with Crippen molar-refractivity contribution in [2.75, 3.05) is 29.4 Å². The molecule has 3 heterocycles. The molecule has 2 aliphatic rings. The third-order valence-corrected chi connectivity index (χ3v) is 4.26. The highest BCUT2D eigenvalue weighted by molar-refractivity contribution is 5.84. The van der Waals surface area contributed by atoms with Crippen LogP contribution in [-0.2, 0) is 9.53 Å². The molecule has 0 spiro atoms. The summed E-state index contributed by atoms with van der Waals surface area (Å²) in [6, 6.07) is 1.69. The number of ether oxygens (including phenoxy) is 1. The minimum atomic E-state index is -0.286. The normalized spacial score (nSPS) is 28.9. The van der Waals surface area contributed by atoms with Crippen molar-refractivity contribution in [3.05, 3.63) is 12.4 Å². The molecule has 1 aromatic rings. The standard InChI is InChI=1S/C15H23N5O2/c1-10-7-19(8-11(2)22-10)13-6-14(18-9-17-13)20-5-3-4-12(20)15(16)21/h6,9-12H,3-5,7-8H2,1-2H3,(H2,16,21)/t10-,11+,12-/m0/s1. The molecule has 0 saturated carbocycles. The summed E-state index contributed by atoms with van der Waals surface area (Å²) >= 11 is 0. The highest BCUT2D eigenvalue weighted by Crippen LogP contribution is 2.27. The van der Waals surface area contributed by atoms with Crippen LogP contribution in [0.2, 0.25) is 0 Å². The lowest BCUT2D eigenvalue weighted by molar-refractivity contribution is -0.119. The summed E-state index contributed by atoms with van der Waals surface area (Å²) in [5, 5.41) is 0. The number of anilines is 2. The van der Waals surface area contributed by atoms with E-state index in [2.05, 4.69) is 28.7 Å². The van der Waals surface area contributed by atoms with Crippen molar-refractivity contribution in [2.45, 2.75) is 44.9 Å². The summed E-state index contributed by atoms with van der Waals surface area (Å²) in [7, 11) is 0. The number of primary amides is 1. The number of hydrogen-bond acceptors (Lipinski definition) is 6. The fourth-order valence-electron chi connectivity index (χ4n) is 3.37. The Kier molecular flexibility index (Phi) is 4.15. The van der Waals surface area contributed by atoms with E-state index in [1.807, 2.05) is 11.0 Å². The Bertz CT molecular complexity index is 542. The van der Waals surface area contributed by atoms with E-state index < -0.39 is 0 Å². The van der Waals surface area contributed by atoms with Crippen molar-refractivity contribution < 1.29 is 9.53 Å². The number of rotatable bonds is 3.